The summed E-state index contributed by atoms with van der Waals surface area (Å²) in [5, 5.41) is 2.91. The highest BCUT2D eigenvalue weighted by molar-refractivity contribution is 7.92. The summed E-state index contributed by atoms with van der Waals surface area (Å²) in [5.41, 5.74) is 2.53. The van der Waals surface area contributed by atoms with Crippen LogP contribution in [0.3, 0.4) is 0 Å². The third-order valence-electron chi connectivity index (χ3n) is 6.05. The second kappa shape index (κ2) is 13.9. The summed E-state index contributed by atoms with van der Waals surface area (Å²) in [6.07, 6.45) is 2.87. The standard InChI is InChI=1S/C27H39N3O5S/c1-6-18-28-27(32)25(7-2)29(20-22-12-9-8-11-21(22)3)26(31)13-10-19-30(36(5,33)34)23-14-16-24(35-4)17-15-23/h8-9,11-12,14-17,25H,6-7,10,13,18-20H2,1-5H3,(H,28,32)/t25-/m0/s1. The van der Waals surface area contributed by atoms with E-state index in [1.54, 1.807) is 36.3 Å². The third-order valence-corrected chi connectivity index (χ3v) is 7.24. The molecule has 2 rings (SSSR count). The number of nitrogens with zero attached hydrogens (tertiary/aromatic N) is 2. The van der Waals surface area contributed by atoms with Gasteiger partial charge in [-0.05, 0) is 61.6 Å². The number of nitrogens with one attached hydrogen (secondary N) is 1. The Morgan fingerprint density at radius 2 is 1.72 bits per heavy atom. The molecule has 0 saturated heterocycles. The van der Waals surface area contributed by atoms with Crippen LogP contribution in [0.2, 0.25) is 0 Å². The minimum Gasteiger partial charge on any atom is -0.497 e. The summed E-state index contributed by atoms with van der Waals surface area (Å²) < 4.78 is 31.4. The molecule has 0 aliphatic rings. The number of hydrogen-bond acceptors (Lipinski definition) is 5. The van der Waals surface area contributed by atoms with Crippen LogP contribution in [-0.4, -0.2) is 57.6 Å². The van der Waals surface area contributed by atoms with Crippen LogP contribution in [0.25, 0.3) is 0 Å². The van der Waals surface area contributed by atoms with Gasteiger partial charge < -0.3 is 15.0 Å². The zero-order valence-corrected chi connectivity index (χ0v) is 22.8. The predicted molar refractivity (Wildman–Crippen MR) is 144 cm³/mol. The average Bonchev–Trinajstić information content (AvgIpc) is 2.85. The van der Waals surface area contributed by atoms with Crippen molar-refractivity contribution >= 4 is 27.5 Å². The van der Waals surface area contributed by atoms with Crippen molar-refractivity contribution in [2.24, 2.45) is 0 Å². The summed E-state index contributed by atoms with van der Waals surface area (Å²) in [6.45, 7) is 6.87. The van der Waals surface area contributed by atoms with Gasteiger partial charge in [-0.15, -0.1) is 0 Å². The van der Waals surface area contributed by atoms with Gasteiger partial charge in [-0.25, -0.2) is 8.42 Å². The molecule has 198 valence electrons. The number of carbonyl (C=O) groups is 2. The van der Waals surface area contributed by atoms with Crippen molar-refractivity contribution in [1.82, 2.24) is 10.2 Å². The second-order valence-corrected chi connectivity index (χ2v) is 10.7. The lowest BCUT2D eigenvalue weighted by Gasteiger charge is -2.31. The number of rotatable bonds is 14. The maximum Gasteiger partial charge on any atom is 0.242 e. The van der Waals surface area contributed by atoms with E-state index in [0.717, 1.165) is 23.8 Å². The van der Waals surface area contributed by atoms with Crippen LogP contribution in [0.15, 0.2) is 48.5 Å². The first-order valence-electron chi connectivity index (χ1n) is 12.4. The second-order valence-electron chi connectivity index (χ2n) is 8.80. The Kier molecular flexibility index (Phi) is 11.2. The molecular weight excluding hydrogens is 478 g/mol. The maximum atomic E-state index is 13.5. The number of hydrogen-bond donors (Lipinski definition) is 1. The molecule has 0 fully saturated rings. The first kappa shape index (κ1) is 29.2. The van der Waals surface area contributed by atoms with E-state index >= 15 is 0 Å². The molecule has 8 nitrogen and oxygen atoms in total. The first-order valence-corrected chi connectivity index (χ1v) is 14.2. The van der Waals surface area contributed by atoms with Crippen LogP contribution in [-0.2, 0) is 26.2 Å². The van der Waals surface area contributed by atoms with Gasteiger partial charge in [0, 0.05) is 26.1 Å². The fourth-order valence-corrected chi connectivity index (χ4v) is 4.97. The van der Waals surface area contributed by atoms with E-state index in [1.807, 2.05) is 45.0 Å². The van der Waals surface area contributed by atoms with Crippen LogP contribution >= 0.6 is 0 Å². The summed E-state index contributed by atoms with van der Waals surface area (Å²) in [6, 6.07) is 13.9. The van der Waals surface area contributed by atoms with Gasteiger partial charge in [-0.2, -0.15) is 0 Å². The highest BCUT2D eigenvalue weighted by atomic mass is 32.2. The molecule has 0 radical (unpaired) electrons. The lowest BCUT2D eigenvalue weighted by molar-refractivity contribution is -0.141. The Morgan fingerprint density at radius 3 is 2.28 bits per heavy atom. The molecule has 1 N–H and O–H groups in total. The van der Waals surface area contributed by atoms with Crippen molar-refractivity contribution in [3.05, 3.63) is 59.7 Å². The summed E-state index contributed by atoms with van der Waals surface area (Å²) in [7, 11) is -2.01. The molecule has 2 aromatic rings. The molecule has 0 aliphatic carbocycles. The molecule has 36 heavy (non-hydrogen) atoms. The number of methoxy groups -OCH3 is 1. The van der Waals surface area contributed by atoms with Crippen LogP contribution in [0.1, 0.15) is 50.7 Å². The number of sulfonamides is 1. The van der Waals surface area contributed by atoms with E-state index in [4.69, 9.17) is 4.74 Å². The average molecular weight is 518 g/mol. The molecule has 0 aromatic heterocycles. The van der Waals surface area contributed by atoms with Crippen molar-refractivity contribution < 1.29 is 22.7 Å². The number of amides is 2. The normalized spacial score (nSPS) is 12.0. The minimum absolute atomic E-state index is 0.117. The van der Waals surface area contributed by atoms with Gasteiger partial charge in [0.1, 0.15) is 11.8 Å². The Bertz CT molecular complexity index is 1100. The summed E-state index contributed by atoms with van der Waals surface area (Å²) in [4.78, 5) is 28.0. The number of carbonyl (C=O) groups excluding carboxylic acids is 2. The van der Waals surface area contributed by atoms with Crippen molar-refractivity contribution in [2.45, 2.75) is 59.0 Å². The minimum atomic E-state index is -3.55. The van der Waals surface area contributed by atoms with Crippen molar-refractivity contribution in [3.8, 4) is 5.75 Å². The highest BCUT2D eigenvalue weighted by Crippen LogP contribution is 2.23. The Hall–Kier alpha value is -3.07. The van der Waals surface area contributed by atoms with Crippen LogP contribution in [0, 0.1) is 6.92 Å². The predicted octanol–water partition coefficient (Wildman–Crippen LogP) is 3.88. The summed E-state index contributed by atoms with van der Waals surface area (Å²) >= 11 is 0. The van der Waals surface area contributed by atoms with Crippen molar-refractivity contribution in [2.75, 3.05) is 30.8 Å². The van der Waals surface area contributed by atoms with Crippen molar-refractivity contribution in [3.63, 3.8) is 0 Å². The van der Waals surface area contributed by atoms with Gasteiger partial charge in [0.15, 0.2) is 0 Å². The van der Waals surface area contributed by atoms with Gasteiger partial charge in [0.2, 0.25) is 21.8 Å². The molecule has 0 bridgehead atoms. The van der Waals surface area contributed by atoms with E-state index < -0.39 is 16.1 Å². The van der Waals surface area contributed by atoms with Crippen LogP contribution in [0.5, 0.6) is 5.75 Å². The zero-order chi connectivity index (χ0) is 26.7. The van der Waals surface area contributed by atoms with Crippen LogP contribution in [0.4, 0.5) is 5.69 Å². The SMILES string of the molecule is CCCNC(=O)[C@H](CC)N(Cc1ccccc1C)C(=O)CCCN(c1ccc(OC)cc1)S(C)(=O)=O. The molecule has 0 heterocycles. The topological polar surface area (TPSA) is 96.0 Å². The quantitative estimate of drug-likeness (QED) is 0.410. The van der Waals surface area contributed by atoms with Gasteiger partial charge in [-0.1, -0.05) is 38.1 Å². The number of benzene rings is 2. The van der Waals surface area contributed by atoms with Crippen LogP contribution < -0.4 is 14.4 Å². The third kappa shape index (κ3) is 8.26. The summed E-state index contributed by atoms with van der Waals surface area (Å²) in [5.74, 6) is 0.276. The molecule has 0 aliphatic heterocycles. The highest BCUT2D eigenvalue weighted by Gasteiger charge is 2.29. The van der Waals surface area contributed by atoms with Crippen molar-refractivity contribution in [1.29, 1.82) is 0 Å². The molecule has 1 atom stereocenters. The van der Waals surface area contributed by atoms with E-state index in [2.05, 4.69) is 5.32 Å². The molecule has 2 amide bonds. The fraction of sp³-hybridized carbons (Fsp3) is 0.481. The first-order chi connectivity index (χ1) is 17.1. The zero-order valence-electron chi connectivity index (χ0n) is 22.0. The molecular formula is C27H39N3O5S. The lowest BCUT2D eigenvalue weighted by Crippen LogP contribution is -2.49. The lowest BCUT2D eigenvalue weighted by atomic mass is 10.1. The van der Waals surface area contributed by atoms with E-state index in [-0.39, 0.29) is 24.8 Å². The molecule has 0 unspecified atom stereocenters. The van der Waals surface area contributed by atoms with Gasteiger partial charge in [-0.3, -0.25) is 13.9 Å². The number of ether oxygens (including phenoxy) is 1. The largest absolute Gasteiger partial charge is 0.497 e. The number of anilines is 1. The van der Waals surface area contributed by atoms with E-state index in [0.29, 0.717) is 37.4 Å². The Morgan fingerprint density at radius 1 is 1.06 bits per heavy atom. The number of aryl methyl sites for hydroxylation is 1. The van der Waals surface area contributed by atoms with E-state index in [9.17, 15) is 18.0 Å². The molecule has 2 aromatic carbocycles. The van der Waals surface area contributed by atoms with Gasteiger partial charge in [0.25, 0.3) is 0 Å². The van der Waals surface area contributed by atoms with Gasteiger partial charge >= 0.3 is 0 Å². The van der Waals surface area contributed by atoms with E-state index in [1.165, 1.54) is 4.31 Å². The monoisotopic (exact) mass is 517 g/mol. The Labute approximate surface area is 215 Å². The molecule has 9 heteroatoms. The Balaban J connectivity index is 2.20. The van der Waals surface area contributed by atoms with Gasteiger partial charge in [0.05, 0.1) is 19.1 Å². The molecule has 0 spiro atoms. The fourth-order valence-electron chi connectivity index (χ4n) is 4.01. The smallest absolute Gasteiger partial charge is 0.242 e. The maximum absolute atomic E-state index is 13.5. The molecule has 0 saturated carbocycles.